The molecule has 0 aliphatic heterocycles. The number of nitrogens with two attached hydrogens (primary N) is 1. The third-order valence-corrected chi connectivity index (χ3v) is 2.68. The van der Waals surface area contributed by atoms with E-state index in [9.17, 15) is 0 Å². The maximum absolute atomic E-state index is 5.91. The summed E-state index contributed by atoms with van der Waals surface area (Å²) in [6, 6.07) is 0.336. The summed E-state index contributed by atoms with van der Waals surface area (Å²) in [7, 11) is 1.90. The first kappa shape index (κ1) is 9.40. The molecule has 1 aromatic heterocycles. The Morgan fingerprint density at radius 1 is 1.64 bits per heavy atom. The van der Waals surface area contributed by atoms with Crippen LogP contribution in [0.4, 0.5) is 0 Å². The van der Waals surface area contributed by atoms with E-state index < -0.39 is 0 Å². The Kier molecular flexibility index (Phi) is 2.63. The predicted molar refractivity (Wildman–Crippen MR) is 55.4 cm³/mol. The number of aryl methyl sites for hydroxylation is 1. The van der Waals surface area contributed by atoms with Crippen molar-refractivity contribution >= 4 is 6.08 Å². The van der Waals surface area contributed by atoms with Crippen LogP contribution in [0.25, 0.3) is 6.08 Å². The molecule has 0 spiro atoms. The van der Waals surface area contributed by atoms with Gasteiger partial charge in [-0.1, -0.05) is 5.57 Å². The molecule has 1 heterocycles. The van der Waals surface area contributed by atoms with Gasteiger partial charge < -0.3 is 5.73 Å². The van der Waals surface area contributed by atoms with E-state index in [4.69, 9.17) is 5.73 Å². The first-order valence-corrected chi connectivity index (χ1v) is 5.05. The second kappa shape index (κ2) is 3.92. The van der Waals surface area contributed by atoms with Gasteiger partial charge >= 0.3 is 0 Å². The normalized spacial score (nSPS) is 25.6. The number of hydrogen-bond acceptors (Lipinski definition) is 3. The highest BCUT2D eigenvalue weighted by molar-refractivity contribution is 5.45. The van der Waals surface area contributed by atoms with Gasteiger partial charge in [0.1, 0.15) is 12.2 Å². The molecule has 1 aromatic rings. The predicted octanol–water partition coefficient (Wildman–Crippen LogP) is 1.10. The van der Waals surface area contributed by atoms with Crippen molar-refractivity contribution in [3.63, 3.8) is 0 Å². The molecule has 0 saturated heterocycles. The fourth-order valence-corrected chi connectivity index (χ4v) is 1.88. The number of aromatic nitrogens is 3. The molecule has 1 fully saturated rings. The van der Waals surface area contributed by atoms with Crippen LogP contribution in [0.5, 0.6) is 0 Å². The van der Waals surface area contributed by atoms with Crippen molar-refractivity contribution in [3.8, 4) is 0 Å². The molecule has 0 amide bonds. The molecular formula is C10H16N4. The minimum atomic E-state index is 0.336. The lowest BCUT2D eigenvalue weighted by Crippen LogP contribution is -2.23. The van der Waals surface area contributed by atoms with E-state index in [1.807, 2.05) is 7.05 Å². The minimum absolute atomic E-state index is 0.336. The van der Waals surface area contributed by atoms with Gasteiger partial charge in [-0.05, 0) is 31.8 Å². The second-order valence-corrected chi connectivity index (χ2v) is 3.90. The molecule has 2 N–H and O–H groups in total. The Balaban J connectivity index is 2.14. The molecule has 4 nitrogen and oxygen atoms in total. The lowest BCUT2D eigenvalue weighted by Gasteiger charge is -2.20. The lowest BCUT2D eigenvalue weighted by molar-refractivity contribution is 0.520. The summed E-state index contributed by atoms with van der Waals surface area (Å²) >= 11 is 0. The van der Waals surface area contributed by atoms with Gasteiger partial charge in [0.2, 0.25) is 0 Å². The third-order valence-electron chi connectivity index (χ3n) is 2.68. The van der Waals surface area contributed by atoms with Gasteiger partial charge in [-0.15, -0.1) is 0 Å². The van der Waals surface area contributed by atoms with Crippen molar-refractivity contribution in [2.45, 2.75) is 31.7 Å². The number of nitrogens with zero attached hydrogens (tertiary/aromatic N) is 3. The molecule has 0 aromatic carbocycles. The van der Waals surface area contributed by atoms with Gasteiger partial charge in [0.05, 0.1) is 0 Å². The first-order valence-electron chi connectivity index (χ1n) is 5.05. The zero-order chi connectivity index (χ0) is 9.97. The van der Waals surface area contributed by atoms with Gasteiger partial charge in [-0.3, -0.25) is 0 Å². The van der Waals surface area contributed by atoms with Crippen molar-refractivity contribution in [1.82, 2.24) is 14.8 Å². The highest BCUT2D eigenvalue weighted by Gasteiger charge is 2.13. The van der Waals surface area contributed by atoms with E-state index >= 15 is 0 Å². The van der Waals surface area contributed by atoms with Crippen molar-refractivity contribution in [2.75, 3.05) is 0 Å². The lowest BCUT2D eigenvalue weighted by atomic mass is 9.91. The van der Waals surface area contributed by atoms with Crippen LogP contribution >= 0.6 is 0 Å². The monoisotopic (exact) mass is 192 g/mol. The van der Waals surface area contributed by atoms with E-state index in [0.29, 0.717) is 6.04 Å². The fraction of sp³-hybridized carbons (Fsp3) is 0.600. The van der Waals surface area contributed by atoms with Gasteiger partial charge in [-0.2, -0.15) is 5.10 Å². The standard InChI is InChI=1S/C10H16N4/c1-14-10(12-7-13-14)6-8-3-2-4-9(11)5-8/h6-7,9H,2-5,11H2,1H3. The van der Waals surface area contributed by atoms with Crippen LogP contribution in [0.2, 0.25) is 0 Å². The summed E-state index contributed by atoms with van der Waals surface area (Å²) in [5.74, 6) is 0.925. The molecule has 1 atom stereocenters. The molecule has 76 valence electrons. The summed E-state index contributed by atoms with van der Waals surface area (Å²) in [6.45, 7) is 0. The molecule has 2 rings (SSSR count). The Bertz CT molecular complexity index is 340. The summed E-state index contributed by atoms with van der Waals surface area (Å²) in [5, 5.41) is 4.03. The number of rotatable bonds is 1. The molecule has 1 unspecified atom stereocenters. The molecular weight excluding hydrogens is 176 g/mol. The molecule has 0 radical (unpaired) electrons. The quantitative estimate of drug-likeness (QED) is 0.725. The van der Waals surface area contributed by atoms with Gasteiger partial charge in [-0.25, -0.2) is 9.67 Å². The molecule has 1 saturated carbocycles. The zero-order valence-electron chi connectivity index (χ0n) is 8.48. The average Bonchev–Trinajstić information content (AvgIpc) is 2.52. The van der Waals surface area contributed by atoms with Crippen LogP contribution in [-0.2, 0) is 7.05 Å². The first-order chi connectivity index (χ1) is 6.75. The maximum Gasteiger partial charge on any atom is 0.150 e. The topological polar surface area (TPSA) is 56.7 Å². The van der Waals surface area contributed by atoms with Gasteiger partial charge in [0.15, 0.2) is 0 Å². The zero-order valence-corrected chi connectivity index (χ0v) is 8.48. The van der Waals surface area contributed by atoms with Crippen molar-refractivity contribution < 1.29 is 0 Å². The summed E-state index contributed by atoms with van der Waals surface area (Å²) in [5.41, 5.74) is 7.31. The van der Waals surface area contributed by atoms with Gasteiger partial charge in [0, 0.05) is 13.1 Å². The van der Waals surface area contributed by atoms with E-state index in [-0.39, 0.29) is 0 Å². The number of hydrogen-bond donors (Lipinski definition) is 1. The van der Waals surface area contributed by atoms with E-state index in [0.717, 1.165) is 25.1 Å². The van der Waals surface area contributed by atoms with Crippen molar-refractivity contribution in [2.24, 2.45) is 12.8 Å². The Hall–Kier alpha value is -1.16. The van der Waals surface area contributed by atoms with E-state index in [2.05, 4.69) is 16.2 Å². The fourth-order valence-electron chi connectivity index (χ4n) is 1.88. The summed E-state index contributed by atoms with van der Waals surface area (Å²) < 4.78 is 1.78. The van der Waals surface area contributed by atoms with E-state index in [1.54, 1.807) is 11.0 Å². The SMILES string of the molecule is Cn1ncnc1C=C1CCCC(N)C1. The van der Waals surface area contributed by atoms with Crippen molar-refractivity contribution in [1.29, 1.82) is 0 Å². The average molecular weight is 192 g/mol. The van der Waals surface area contributed by atoms with Crippen LogP contribution < -0.4 is 5.73 Å². The molecule has 1 aliphatic rings. The Morgan fingerprint density at radius 3 is 3.14 bits per heavy atom. The maximum atomic E-state index is 5.91. The highest BCUT2D eigenvalue weighted by atomic mass is 15.3. The van der Waals surface area contributed by atoms with E-state index in [1.165, 1.54) is 12.0 Å². The van der Waals surface area contributed by atoms with Crippen LogP contribution in [0.3, 0.4) is 0 Å². The largest absolute Gasteiger partial charge is 0.327 e. The van der Waals surface area contributed by atoms with Crippen molar-refractivity contribution in [3.05, 3.63) is 17.7 Å². The second-order valence-electron chi connectivity index (χ2n) is 3.90. The third kappa shape index (κ3) is 2.01. The van der Waals surface area contributed by atoms with Crippen LogP contribution in [0.1, 0.15) is 31.5 Å². The highest BCUT2D eigenvalue weighted by Crippen LogP contribution is 2.23. The summed E-state index contributed by atoms with van der Waals surface area (Å²) in [6.07, 6.45) is 8.20. The van der Waals surface area contributed by atoms with Gasteiger partial charge in [0.25, 0.3) is 0 Å². The summed E-state index contributed by atoms with van der Waals surface area (Å²) in [4.78, 5) is 4.17. The smallest absolute Gasteiger partial charge is 0.150 e. The van der Waals surface area contributed by atoms with Crippen LogP contribution in [0, 0.1) is 0 Å². The minimum Gasteiger partial charge on any atom is -0.327 e. The Labute approximate surface area is 83.8 Å². The molecule has 4 heteroatoms. The molecule has 0 bridgehead atoms. The Morgan fingerprint density at radius 2 is 2.50 bits per heavy atom. The van der Waals surface area contributed by atoms with Crippen LogP contribution in [-0.4, -0.2) is 20.8 Å². The van der Waals surface area contributed by atoms with Crippen LogP contribution in [0.15, 0.2) is 11.9 Å². The molecule has 1 aliphatic carbocycles. The molecule has 14 heavy (non-hydrogen) atoms.